The molecule has 0 spiro atoms. The highest BCUT2D eigenvalue weighted by Gasteiger charge is 2.70. The molecule has 2 aliphatic carbocycles. The van der Waals surface area contributed by atoms with Crippen molar-refractivity contribution >= 4 is 5.97 Å². The van der Waals surface area contributed by atoms with Gasteiger partial charge in [-0.15, -0.1) is 0 Å². The van der Waals surface area contributed by atoms with E-state index >= 15 is 0 Å². The van der Waals surface area contributed by atoms with Gasteiger partial charge >= 0.3 is 5.97 Å². The van der Waals surface area contributed by atoms with Crippen LogP contribution < -0.4 is 0 Å². The third kappa shape index (κ3) is 3.89. The molecule has 2 fully saturated rings. The van der Waals surface area contributed by atoms with E-state index in [2.05, 4.69) is 39.2 Å². The second-order valence-electron chi connectivity index (χ2n) is 10.5. The molecule has 2 saturated carbocycles. The topological polar surface area (TPSA) is 44.8 Å². The van der Waals surface area contributed by atoms with E-state index in [9.17, 15) is 4.79 Å². The molecule has 3 atom stereocenters. The summed E-state index contributed by atoms with van der Waals surface area (Å²) in [5, 5.41) is 0. The number of ether oxygens (including phenoxy) is 1. The highest BCUT2D eigenvalue weighted by Crippen LogP contribution is 2.70. The Morgan fingerprint density at radius 2 is 1.79 bits per heavy atom. The largest absolute Gasteiger partial charge is 0.442 e. The van der Waals surface area contributed by atoms with Gasteiger partial charge in [0.15, 0.2) is 11.2 Å². The number of hydrogen-bond donors (Lipinski definition) is 0. The fourth-order valence-electron chi connectivity index (χ4n) is 4.41. The summed E-state index contributed by atoms with van der Waals surface area (Å²) in [4.78, 5) is 23.8. The molecule has 0 aromatic heterocycles. The van der Waals surface area contributed by atoms with Crippen molar-refractivity contribution in [3.05, 3.63) is 12.2 Å². The van der Waals surface area contributed by atoms with Gasteiger partial charge in [0.25, 0.3) is 0 Å². The van der Waals surface area contributed by atoms with Gasteiger partial charge in [0.1, 0.15) is 0 Å². The fraction of sp³-hybridized carbons (Fsp3) is 0.792. The van der Waals surface area contributed by atoms with Crippen LogP contribution in [0.15, 0.2) is 12.2 Å². The first-order valence-electron chi connectivity index (χ1n) is 10.4. The zero-order valence-electron chi connectivity index (χ0n) is 19.2. The molecule has 158 valence electrons. The lowest BCUT2D eigenvalue weighted by Gasteiger charge is -2.44. The van der Waals surface area contributed by atoms with Crippen molar-refractivity contribution in [2.24, 2.45) is 16.7 Å². The molecule has 2 aliphatic rings. The van der Waals surface area contributed by atoms with E-state index in [1.807, 2.05) is 34.6 Å². The van der Waals surface area contributed by atoms with E-state index in [-0.39, 0.29) is 22.4 Å². The molecule has 0 radical (unpaired) electrons. The minimum atomic E-state index is -0.837. The Morgan fingerprint density at radius 1 is 1.18 bits per heavy atom. The lowest BCUT2D eigenvalue weighted by Crippen LogP contribution is -2.50. The van der Waals surface area contributed by atoms with Crippen molar-refractivity contribution in [3.63, 3.8) is 0 Å². The molecular weight excluding hydrogens is 352 g/mol. The Kier molecular flexibility index (Phi) is 5.89. The average molecular weight is 391 g/mol. The first-order chi connectivity index (χ1) is 12.6. The molecule has 0 aromatic rings. The molecule has 0 heterocycles. The predicted octanol–water partition coefficient (Wildman–Crippen LogP) is 5.61. The normalized spacial score (nSPS) is 31.2. The monoisotopic (exact) mass is 390 g/mol. The van der Waals surface area contributed by atoms with Crippen molar-refractivity contribution in [2.45, 2.75) is 105 Å². The van der Waals surface area contributed by atoms with Crippen LogP contribution in [0.4, 0.5) is 0 Å². The number of rotatable bonds is 6. The van der Waals surface area contributed by atoms with Crippen LogP contribution >= 0.6 is 0 Å². The average Bonchev–Trinajstić information content (AvgIpc) is 2.91. The quantitative estimate of drug-likeness (QED) is 0.194. The van der Waals surface area contributed by atoms with Gasteiger partial charge in [-0.05, 0) is 65.2 Å². The Morgan fingerprint density at radius 3 is 2.21 bits per heavy atom. The van der Waals surface area contributed by atoms with E-state index in [0.29, 0.717) is 11.5 Å². The smallest absolute Gasteiger partial charge is 0.334 e. The molecule has 28 heavy (non-hydrogen) atoms. The van der Waals surface area contributed by atoms with Crippen molar-refractivity contribution in [3.8, 4) is 11.8 Å². The molecule has 0 amide bonds. The second-order valence-corrected chi connectivity index (χ2v) is 10.5. The molecule has 4 heteroatoms. The summed E-state index contributed by atoms with van der Waals surface area (Å²) in [6, 6.07) is 0. The van der Waals surface area contributed by atoms with Gasteiger partial charge in [-0.25, -0.2) is 14.6 Å². The maximum Gasteiger partial charge on any atom is 0.334 e. The summed E-state index contributed by atoms with van der Waals surface area (Å²) in [5.41, 5.74) is -1.82. The van der Waals surface area contributed by atoms with Gasteiger partial charge in [0, 0.05) is 17.4 Å². The molecule has 0 N–H and O–H groups in total. The van der Waals surface area contributed by atoms with E-state index in [1.165, 1.54) is 0 Å². The highest BCUT2D eigenvalue weighted by atomic mass is 17.2. The van der Waals surface area contributed by atoms with Crippen molar-refractivity contribution in [1.29, 1.82) is 0 Å². The predicted molar refractivity (Wildman–Crippen MR) is 111 cm³/mol. The minimum Gasteiger partial charge on any atom is -0.442 e. The van der Waals surface area contributed by atoms with Crippen LogP contribution in [0.5, 0.6) is 0 Å². The lowest BCUT2D eigenvalue weighted by atomic mass is 9.64. The third-order valence-corrected chi connectivity index (χ3v) is 7.37. The van der Waals surface area contributed by atoms with Crippen molar-refractivity contribution < 1.29 is 19.3 Å². The summed E-state index contributed by atoms with van der Waals surface area (Å²) >= 11 is 0. The van der Waals surface area contributed by atoms with Gasteiger partial charge in [0.05, 0.1) is 5.60 Å². The minimum absolute atomic E-state index is 0.0444. The Labute approximate surface area is 171 Å². The number of hydrogen-bond acceptors (Lipinski definition) is 4. The summed E-state index contributed by atoms with van der Waals surface area (Å²) in [6.07, 6.45) is 3.71. The summed E-state index contributed by atoms with van der Waals surface area (Å²) in [5.74, 6) is 6.69. The van der Waals surface area contributed by atoms with Crippen LogP contribution in [0.2, 0.25) is 0 Å². The van der Waals surface area contributed by atoms with E-state index in [4.69, 9.17) is 14.5 Å². The zero-order valence-corrected chi connectivity index (χ0v) is 19.2. The molecular formula is C24H38O4. The second kappa shape index (κ2) is 7.18. The summed E-state index contributed by atoms with van der Waals surface area (Å²) in [6.45, 7) is 22.0. The fourth-order valence-corrected chi connectivity index (χ4v) is 4.41. The number of carbonyl (C=O) groups is 1. The van der Waals surface area contributed by atoms with Gasteiger partial charge in [-0.3, -0.25) is 0 Å². The van der Waals surface area contributed by atoms with Crippen LogP contribution in [0.3, 0.4) is 0 Å². The van der Waals surface area contributed by atoms with E-state index in [1.54, 1.807) is 6.92 Å². The van der Waals surface area contributed by atoms with E-state index < -0.39 is 11.2 Å². The Hall–Kier alpha value is -1.31. The van der Waals surface area contributed by atoms with E-state index in [0.717, 1.165) is 25.7 Å². The first-order valence-corrected chi connectivity index (χ1v) is 10.4. The molecule has 0 unspecified atom stereocenters. The third-order valence-electron chi connectivity index (χ3n) is 7.37. The van der Waals surface area contributed by atoms with Crippen LogP contribution in [0, 0.1) is 28.6 Å². The Balaban J connectivity index is 2.38. The summed E-state index contributed by atoms with van der Waals surface area (Å²) < 4.78 is 6.09. The van der Waals surface area contributed by atoms with Crippen LogP contribution in [0.25, 0.3) is 0 Å². The number of carbonyl (C=O) groups excluding carboxylic acids is 1. The SMILES string of the molecule is C=C(C)C(=O)O[C@@]1(C#CC(C)(C)OOC(C)(C)CC)C[C@H]2CC[C@]1(C)C2(C)C. The number of esters is 1. The first kappa shape index (κ1) is 23.0. The lowest BCUT2D eigenvalue weighted by molar-refractivity contribution is -0.388. The van der Waals surface area contributed by atoms with Gasteiger partial charge < -0.3 is 4.74 Å². The molecule has 0 aromatic carbocycles. The standard InChI is InChI=1S/C24H38O4/c1-11-20(4,5)27-28-21(6,7)14-15-24(26-19(25)17(2)3)16-18-12-13-23(24,10)22(18,8)9/h18H,2,11-13,16H2,1,3-10H3/t18-,23-,24+/m1/s1. The maximum absolute atomic E-state index is 12.5. The maximum atomic E-state index is 12.5. The van der Waals surface area contributed by atoms with Crippen LogP contribution in [-0.4, -0.2) is 22.8 Å². The Bertz CT molecular complexity index is 706. The zero-order chi connectivity index (χ0) is 21.6. The van der Waals surface area contributed by atoms with Gasteiger partial charge in [-0.2, -0.15) is 0 Å². The summed E-state index contributed by atoms with van der Waals surface area (Å²) in [7, 11) is 0. The molecule has 0 saturated heterocycles. The highest BCUT2D eigenvalue weighted by molar-refractivity contribution is 5.87. The molecule has 4 nitrogen and oxygen atoms in total. The van der Waals surface area contributed by atoms with Crippen LogP contribution in [0.1, 0.15) is 88.0 Å². The van der Waals surface area contributed by atoms with Gasteiger partial charge in [0.2, 0.25) is 0 Å². The molecule has 2 rings (SSSR count). The van der Waals surface area contributed by atoms with Crippen molar-refractivity contribution in [1.82, 2.24) is 0 Å². The van der Waals surface area contributed by atoms with Crippen LogP contribution in [-0.2, 0) is 19.3 Å². The molecule has 2 bridgehead atoms. The van der Waals surface area contributed by atoms with Crippen molar-refractivity contribution in [2.75, 3.05) is 0 Å². The molecule has 0 aliphatic heterocycles. The number of fused-ring (bicyclic) bond motifs is 2. The van der Waals surface area contributed by atoms with Gasteiger partial charge in [-0.1, -0.05) is 46.1 Å².